The van der Waals surface area contributed by atoms with Crippen molar-refractivity contribution in [1.82, 2.24) is 9.88 Å². The highest BCUT2D eigenvalue weighted by atomic mass is 35.5. The minimum Gasteiger partial charge on any atom is -0.371 e. The molecule has 0 radical (unpaired) electrons. The molecule has 1 atom stereocenters. The summed E-state index contributed by atoms with van der Waals surface area (Å²) in [7, 11) is 0. The highest BCUT2D eigenvalue weighted by molar-refractivity contribution is 6.42. The van der Waals surface area contributed by atoms with Gasteiger partial charge in [-0.05, 0) is 35.4 Å². The number of pyridine rings is 1. The van der Waals surface area contributed by atoms with Crippen molar-refractivity contribution < 1.29 is 4.74 Å². The van der Waals surface area contributed by atoms with Crippen LogP contribution in [0, 0.1) is 0 Å². The molecule has 1 aromatic heterocycles. The minimum absolute atomic E-state index is 0.0374. The van der Waals surface area contributed by atoms with Crippen molar-refractivity contribution in [1.29, 1.82) is 0 Å². The van der Waals surface area contributed by atoms with Crippen molar-refractivity contribution in [3.63, 3.8) is 0 Å². The van der Waals surface area contributed by atoms with Crippen molar-refractivity contribution >= 4 is 23.2 Å². The van der Waals surface area contributed by atoms with Gasteiger partial charge in [-0.25, -0.2) is 0 Å². The fourth-order valence-corrected chi connectivity index (χ4v) is 2.81. The summed E-state index contributed by atoms with van der Waals surface area (Å²) in [5.41, 5.74) is 2.34. The quantitative estimate of drug-likeness (QED) is 0.855. The molecule has 0 bridgehead atoms. The van der Waals surface area contributed by atoms with Gasteiger partial charge in [-0.1, -0.05) is 29.3 Å². The van der Waals surface area contributed by atoms with E-state index in [0.717, 1.165) is 31.8 Å². The van der Waals surface area contributed by atoms with Gasteiger partial charge in [-0.3, -0.25) is 9.88 Å². The summed E-state index contributed by atoms with van der Waals surface area (Å²) in [6.45, 7) is 3.40. The van der Waals surface area contributed by atoms with Gasteiger partial charge in [0.2, 0.25) is 0 Å². The Morgan fingerprint density at radius 3 is 2.71 bits per heavy atom. The molecule has 1 fully saturated rings. The van der Waals surface area contributed by atoms with Crippen LogP contribution in [0.3, 0.4) is 0 Å². The molecule has 0 aliphatic carbocycles. The first-order valence-corrected chi connectivity index (χ1v) is 7.66. The molecule has 3 nitrogen and oxygen atoms in total. The molecule has 1 aromatic carbocycles. The van der Waals surface area contributed by atoms with E-state index in [1.807, 2.05) is 42.7 Å². The summed E-state index contributed by atoms with van der Waals surface area (Å²) in [6, 6.07) is 9.79. The van der Waals surface area contributed by atoms with Crippen molar-refractivity contribution in [2.45, 2.75) is 12.6 Å². The van der Waals surface area contributed by atoms with Gasteiger partial charge in [-0.15, -0.1) is 0 Å². The molecular weight excluding hydrogens is 307 g/mol. The van der Waals surface area contributed by atoms with Crippen LogP contribution >= 0.6 is 23.2 Å². The van der Waals surface area contributed by atoms with Gasteiger partial charge in [0.05, 0.1) is 22.8 Å². The molecule has 0 spiro atoms. The molecule has 1 aliphatic rings. The molecule has 0 amide bonds. The Bertz CT molecular complexity index is 606. The highest BCUT2D eigenvalue weighted by Crippen LogP contribution is 2.29. The number of rotatable bonds is 3. The molecule has 2 aromatic rings. The molecule has 0 saturated carbocycles. The van der Waals surface area contributed by atoms with E-state index in [2.05, 4.69) is 9.88 Å². The van der Waals surface area contributed by atoms with Crippen LogP contribution in [0.25, 0.3) is 0 Å². The standard InChI is InChI=1S/C16H16Cl2N2O/c17-14-2-1-13(9-15(14)18)16-11-20(7-8-21-16)10-12-3-5-19-6-4-12/h1-6,9,16H,7-8,10-11H2. The zero-order valence-corrected chi connectivity index (χ0v) is 13.0. The van der Waals surface area contributed by atoms with E-state index in [4.69, 9.17) is 27.9 Å². The lowest BCUT2D eigenvalue weighted by Crippen LogP contribution is -2.37. The van der Waals surface area contributed by atoms with Gasteiger partial charge in [-0.2, -0.15) is 0 Å². The molecule has 5 heteroatoms. The molecule has 3 rings (SSSR count). The average Bonchev–Trinajstić information content (AvgIpc) is 2.51. The average molecular weight is 323 g/mol. The zero-order chi connectivity index (χ0) is 14.7. The van der Waals surface area contributed by atoms with Gasteiger partial charge in [0.25, 0.3) is 0 Å². The number of benzene rings is 1. The van der Waals surface area contributed by atoms with Crippen LogP contribution in [-0.4, -0.2) is 29.6 Å². The van der Waals surface area contributed by atoms with Crippen molar-refractivity contribution in [3.8, 4) is 0 Å². The Hall–Kier alpha value is -1.13. The topological polar surface area (TPSA) is 25.4 Å². The van der Waals surface area contributed by atoms with Crippen molar-refractivity contribution in [2.75, 3.05) is 19.7 Å². The van der Waals surface area contributed by atoms with E-state index >= 15 is 0 Å². The second kappa shape index (κ2) is 6.75. The van der Waals surface area contributed by atoms with Crippen LogP contribution in [0.4, 0.5) is 0 Å². The normalized spacial score (nSPS) is 19.6. The maximum Gasteiger partial charge on any atom is 0.0953 e. The fraction of sp³-hybridized carbons (Fsp3) is 0.312. The molecule has 1 saturated heterocycles. The number of aromatic nitrogens is 1. The summed E-state index contributed by atoms with van der Waals surface area (Å²) in [5, 5.41) is 1.15. The van der Waals surface area contributed by atoms with Gasteiger partial charge in [0.1, 0.15) is 0 Å². The number of morpholine rings is 1. The minimum atomic E-state index is 0.0374. The smallest absolute Gasteiger partial charge is 0.0953 e. The van der Waals surface area contributed by atoms with E-state index in [-0.39, 0.29) is 6.10 Å². The van der Waals surface area contributed by atoms with E-state index in [1.165, 1.54) is 5.56 Å². The van der Waals surface area contributed by atoms with E-state index in [1.54, 1.807) is 0 Å². The van der Waals surface area contributed by atoms with Gasteiger partial charge < -0.3 is 4.74 Å². The largest absolute Gasteiger partial charge is 0.371 e. The number of halogens is 2. The number of hydrogen-bond acceptors (Lipinski definition) is 3. The lowest BCUT2D eigenvalue weighted by atomic mass is 10.1. The second-order valence-corrected chi connectivity index (χ2v) is 5.94. The molecule has 21 heavy (non-hydrogen) atoms. The first-order chi connectivity index (χ1) is 10.2. The van der Waals surface area contributed by atoms with Crippen LogP contribution in [0.15, 0.2) is 42.7 Å². The Morgan fingerprint density at radius 1 is 1.14 bits per heavy atom. The van der Waals surface area contributed by atoms with E-state index < -0.39 is 0 Å². The highest BCUT2D eigenvalue weighted by Gasteiger charge is 2.22. The van der Waals surface area contributed by atoms with Crippen LogP contribution < -0.4 is 0 Å². The first-order valence-electron chi connectivity index (χ1n) is 6.90. The maximum absolute atomic E-state index is 6.09. The number of ether oxygens (including phenoxy) is 1. The lowest BCUT2D eigenvalue weighted by molar-refractivity contribution is -0.0329. The third-order valence-electron chi connectivity index (χ3n) is 3.62. The third-order valence-corrected chi connectivity index (χ3v) is 4.36. The molecule has 0 N–H and O–H groups in total. The number of hydrogen-bond donors (Lipinski definition) is 0. The Balaban J connectivity index is 1.69. The van der Waals surface area contributed by atoms with Crippen molar-refractivity contribution in [2.24, 2.45) is 0 Å². The van der Waals surface area contributed by atoms with Crippen LogP contribution in [0.2, 0.25) is 10.0 Å². The van der Waals surface area contributed by atoms with E-state index in [9.17, 15) is 0 Å². The molecule has 110 valence electrons. The Labute approximate surface area is 134 Å². The third kappa shape index (κ3) is 3.74. The zero-order valence-electron chi connectivity index (χ0n) is 11.5. The van der Waals surface area contributed by atoms with E-state index in [0.29, 0.717) is 10.0 Å². The molecule has 1 aliphatic heterocycles. The Morgan fingerprint density at radius 2 is 1.95 bits per heavy atom. The molecule has 1 unspecified atom stereocenters. The SMILES string of the molecule is Clc1ccc(C2CN(Cc3ccncc3)CCO2)cc1Cl. The monoisotopic (exact) mass is 322 g/mol. The summed E-state index contributed by atoms with van der Waals surface area (Å²) in [4.78, 5) is 6.43. The fourth-order valence-electron chi connectivity index (χ4n) is 2.51. The summed E-state index contributed by atoms with van der Waals surface area (Å²) >= 11 is 12.1. The lowest BCUT2D eigenvalue weighted by Gasteiger charge is -2.33. The maximum atomic E-state index is 6.09. The molecule has 2 heterocycles. The predicted octanol–water partition coefficient (Wildman–Crippen LogP) is 3.96. The summed E-state index contributed by atoms with van der Waals surface area (Å²) in [5.74, 6) is 0. The second-order valence-electron chi connectivity index (χ2n) is 5.12. The van der Waals surface area contributed by atoms with Crippen LogP contribution in [-0.2, 0) is 11.3 Å². The van der Waals surface area contributed by atoms with Crippen LogP contribution in [0.5, 0.6) is 0 Å². The van der Waals surface area contributed by atoms with Crippen LogP contribution in [0.1, 0.15) is 17.2 Å². The first kappa shape index (κ1) is 14.8. The van der Waals surface area contributed by atoms with Crippen molar-refractivity contribution in [3.05, 3.63) is 63.9 Å². The van der Waals surface area contributed by atoms with Gasteiger partial charge in [0.15, 0.2) is 0 Å². The predicted molar refractivity (Wildman–Crippen MR) is 84.7 cm³/mol. The number of nitrogens with zero attached hydrogens (tertiary/aromatic N) is 2. The molecular formula is C16H16Cl2N2O. The van der Waals surface area contributed by atoms with Gasteiger partial charge in [0, 0.05) is 32.0 Å². The summed E-state index contributed by atoms with van der Waals surface area (Å²) < 4.78 is 5.87. The van der Waals surface area contributed by atoms with Gasteiger partial charge >= 0.3 is 0 Å². The summed E-state index contributed by atoms with van der Waals surface area (Å²) in [6.07, 6.45) is 3.69. The Kier molecular flexibility index (Phi) is 4.76.